The number of amides is 1. The molecular formula is C18H17NO4. The number of hydrogen-bond donors (Lipinski definition) is 1. The second-order valence-electron chi connectivity index (χ2n) is 6.22. The predicted molar refractivity (Wildman–Crippen MR) is 83.9 cm³/mol. The van der Waals surface area contributed by atoms with E-state index >= 15 is 0 Å². The van der Waals surface area contributed by atoms with Gasteiger partial charge in [0.05, 0.1) is 18.1 Å². The highest BCUT2D eigenvalue weighted by Gasteiger charge is 2.71. The summed E-state index contributed by atoms with van der Waals surface area (Å²) in [6, 6.07) is 9.05. The van der Waals surface area contributed by atoms with Gasteiger partial charge in [-0.3, -0.25) is 9.59 Å². The number of carboxylic acid groups (broad SMARTS) is 1. The van der Waals surface area contributed by atoms with Gasteiger partial charge in [-0.1, -0.05) is 36.4 Å². The number of para-hydroxylation sites is 1. The van der Waals surface area contributed by atoms with Crippen molar-refractivity contribution in [2.45, 2.75) is 24.2 Å². The molecule has 2 saturated heterocycles. The number of benzene rings is 1. The third kappa shape index (κ3) is 1.71. The first-order valence-electron chi connectivity index (χ1n) is 7.69. The van der Waals surface area contributed by atoms with Crippen LogP contribution < -0.4 is 4.90 Å². The lowest BCUT2D eigenvalue weighted by atomic mass is 9.74. The topological polar surface area (TPSA) is 66.8 Å². The van der Waals surface area contributed by atoms with E-state index in [9.17, 15) is 14.7 Å². The van der Waals surface area contributed by atoms with E-state index in [-0.39, 0.29) is 11.9 Å². The lowest BCUT2D eigenvalue weighted by Crippen LogP contribution is -2.45. The maximum absolute atomic E-state index is 13.1. The molecule has 1 amide bonds. The monoisotopic (exact) mass is 311 g/mol. The first-order valence-corrected chi connectivity index (χ1v) is 7.69. The molecule has 23 heavy (non-hydrogen) atoms. The SMILES string of the molecule is C=CC[C@H]1N(c2ccccc2)C(=O)[C@@H]2[C@H](C(=O)O)[C@H]3C=C[C@]21O3. The van der Waals surface area contributed by atoms with Crippen LogP contribution in [0.5, 0.6) is 0 Å². The Labute approximate surface area is 133 Å². The molecule has 0 saturated carbocycles. The summed E-state index contributed by atoms with van der Waals surface area (Å²) >= 11 is 0. The second kappa shape index (κ2) is 4.80. The summed E-state index contributed by atoms with van der Waals surface area (Å²) in [5.41, 5.74) is -0.104. The summed E-state index contributed by atoms with van der Waals surface area (Å²) in [6.45, 7) is 3.79. The fraction of sp³-hybridized carbons (Fsp3) is 0.333. The van der Waals surface area contributed by atoms with Gasteiger partial charge >= 0.3 is 5.97 Å². The molecule has 2 fully saturated rings. The van der Waals surface area contributed by atoms with Crippen molar-refractivity contribution in [2.24, 2.45) is 11.8 Å². The fourth-order valence-electron chi connectivity index (χ4n) is 4.27. The van der Waals surface area contributed by atoms with Crippen LogP contribution in [0.1, 0.15) is 6.42 Å². The third-order valence-electron chi connectivity index (χ3n) is 5.13. The highest BCUT2D eigenvalue weighted by molar-refractivity contribution is 6.03. The van der Waals surface area contributed by atoms with Gasteiger partial charge in [0.25, 0.3) is 0 Å². The Morgan fingerprint density at radius 2 is 2.13 bits per heavy atom. The van der Waals surface area contributed by atoms with Crippen LogP contribution in [0.25, 0.3) is 0 Å². The van der Waals surface area contributed by atoms with Crippen LogP contribution in [-0.4, -0.2) is 34.7 Å². The van der Waals surface area contributed by atoms with Crippen molar-refractivity contribution in [2.75, 3.05) is 4.90 Å². The van der Waals surface area contributed by atoms with Crippen LogP contribution in [0, 0.1) is 11.8 Å². The van der Waals surface area contributed by atoms with Gasteiger partial charge in [-0.15, -0.1) is 6.58 Å². The van der Waals surface area contributed by atoms with E-state index in [1.165, 1.54) is 0 Å². The van der Waals surface area contributed by atoms with Crippen molar-refractivity contribution in [3.63, 3.8) is 0 Å². The van der Waals surface area contributed by atoms with Gasteiger partial charge in [-0.25, -0.2) is 0 Å². The van der Waals surface area contributed by atoms with Crippen LogP contribution in [0.3, 0.4) is 0 Å². The molecule has 5 atom stereocenters. The molecule has 4 rings (SSSR count). The molecule has 0 aromatic heterocycles. The number of aliphatic carboxylic acids is 1. The predicted octanol–water partition coefficient (Wildman–Crippen LogP) is 2.00. The molecule has 1 aromatic rings. The van der Waals surface area contributed by atoms with Crippen molar-refractivity contribution in [3.8, 4) is 0 Å². The van der Waals surface area contributed by atoms with E-state index in [4.69, 9.17) is 4.74 Å². The van der Waals surface area contributed by atoms with Crippen LogP contribution in [0.15, 0.2) is 55.1 Å². The molecule has 3 aliphatic rings. The Bertz CT molecular complexity index is 713. The quantitative estimate of drug-likeness (QED) is 0.864. The number of hydrogen-bond acceptors (Lipinski definition) is 3. The van der Waals surface area contributed by atoms with Crippen LogP contribution >= 0.6 is 0 Å². The Kier molecular flexibility index (Phi) is 2.96. The van der Waals surface area contributed by atoms with Crippen molar-refractivity contribution in [1.82, 2.24) is 0 Å². The Morgan fingerprint density at radius 1 is 1.39 bits per heavy atom. The van der Waals surface area contributed by atoms with E-state index < -0.39 is 29.5 Å². The number of fused-ring (bicyclic) bond motifs is 1. The Morgan fingerprint density at radius 3 is 2.78 bits per heavy atom. The first kappa shape index (κ1) is 14.2. The average Bonchev–Trinajstić information content (AvgIpc) is 3.18. The summed E-state index contributed by atoms with van der Waals surface area (Å²) in [6.07, 6.45) is 5.44. The number of ether oxygens (including phenoxy) is 1. The standard InChI is InChI=1S/C18H17NO4/c1-2-6-13-18-10-9-12(23-18)14(17(21)22)15(18)16(20)19(13)11-7-4-3-5-8-11/h2-5,7-10,12-15H,1,6H2,(H,21,22)/t12-,13-,14-,15+,18-/m1/s1. The minimum absolute atomic E-state index is 0.178. The lowest BCUT2D eigenvalue weighted by Gasteiger charge is -2.32. The highest BCUT2D eigenvalue weighted by Crippen LogP contribution is 2.56. The van der Waals surface area contributed by atoms with Gasteiger partial charge in [0, 0.05) is 5.69 Å². The summed E-state index contributed by atoms with van der Waals surface area (Å²) in [5.74, 6) is -2.66. The molecule has 3 aliphatic heterocycles. The van der Waals surface area contributed by atoms with E-state index in [1.54, 1.807) is 17.1 Å². The minimum atomic E-state index is -0.980. The number of rotatable bonds is 4. The molecule has 118 valence electrons. The molecule has 3 heterocycles. The Hall–Kier alpha value is -2.40. The zero-order valence-corrected chi connectivity index (χ0v) is 12.5. The smallest absolute Gasteiger partial charge is 0.310 e. The summed E-state index contributed by atoms with van der Waals surface area (Å²) in [5, 5.41) is 9.57. The van der Waals surface area contributed by atoms with E-state index in [1.807, 2.05) is 36.4 Å². The molecule has 0 radical (unpaired) electrons. The highest BCUT2D eigenvalue weighted by atomic mass is 16.5. The van der Waals surface area contributed by atoms with Crippen molar-refractivity contribution in [1.29, 1.82) is 0 Å². The first-order chi connectivity index (χ1) is 11.1. The molecule has 0 unspecified atom stereocenters. The van der Waals surface area contributed by atoms with Gasteiger partial charge in [-0.2, -0.15) is 0 Å². The summed E-state index contributed by atoms with van der Waals surface area (Å²) in [4.78, 5) is 26.5. The lowest BCUT2D eigenvalue weighted by molar-refractivity contribution is -0.146. The molecule has 0 aliphatic carbocycles. The van der Waals surface area contributed by atoms with Crippen LogP contribution in [-0.2, 0) is 14.3 Å². The molecule has 5 nitrogen and oxygen atoms in total. The Balaban J connectivity index is 1.85. The van der Waals surface area contributed by atoms with Gasteiger partial charge in [0.15, 0.2) is 0 Å². The average molecular weight is 311 g/mol. The minimum Gasteiger partial charge on any atom is -0.481 e. The maximum atomic E-state index is 13.1. The van der Waals surface area contributed by atoms with Gasteiger partial charge in [-0.05, 0) is 18.6 Å². The second-order valence-corrected chi connectivity index (χ2v) is 6.22. The molecule has 5 heteroatoms. The number of carboxylic acids is 1. The van der Waals surface area contributed by atoms with E-state index in [0.717, 1.165) is 5.69 Å². The summed E-state index contributed by atoms with van der Waals surface area (Å²) < 4.78 is 6.04. The number of carbonyl (C=O) groups excluding carboxylic acids is 1. The maximum Gasteiger partial charge on any atom is 0.310 e. The van der Waals surface area contributed by atoms with Gasteiger partial charge < -0.3 is 14.7 Å². The number of nitrogens with zero attached hydrogens (tertiary/aromatic N) is 1. The van der Waals surface area contributed by atoms with Crippen molar-refractivity contribution >= 4 is 17.6 Å². The van der Waals surface area contributed by atoms with Gasteiger partial charge in [0.2, 0.25) is 5.91 Å². The molecular weight excluding hydrogens is 294 g/mol. The van der Waals surface area contributed by atoms with Gasteiger partial charge in [0.1, 0.15) is 11.5 Å². The third-order valence-corrected chi connectivity index (χ3v) is 5.13. The normalized spacial score (nSPS) is 37.2. The molecule has 1 aromatic carbocycles. The van der Waals surface area contributed by atoms with Crippen LogP contribution in [0.2, 0.25) is 0 Å². The van der Waals surface area contributed by atoms with Crippen molar-refractivity contribution < 1.29 is 19.4 Å². The zero-order chi connectivity index (χ0) is 16.2. The largest absolute Gasteiger partial charge is 0.481 e. The number of anilines is 1. The molecule has 2 bridgehead atoms. The number of carbonyl (C=O) groups is 2. The zero-order valence-electron chi connectivity index (χ0n) is 12.5. The van der Waals surface area contributed by atoms with E-state index in [2.05, 4.69) is 6.58 Å². The van der Waals surface area contributed by atoms with Crippen molar-refractivity contribution in [3.05, 3.63) is 55.1 Å². The molecule has 1 N–H and O–H groups in total. The molecule has 1 spiro atoms. The van der Waals surface area contributed by atoms with E-state index in [0.29, 0.717) is 6.42 Å². The van der Waals surface area contributed by atoms with Crippen LogP contribution in [0.4, 0.5) is 5.69 Å². The fourth-order valence-corrected chi connectivity index (χ4v) is 4.27. The summed E-state index contributed by atoms with van der Waals surface area (Å²) in [7, 11) is 0.